The van der Waals surface area contributed by atoms with Gasteiger partial charge in [-0.1, -0.05) is 12.2 Å². The summed E-state index contributed by atoms with van der Waals surface area (Å²) in [5, 5.41) is 12.9. The highest BCUT2D eigenvalue weighted by atomic mass is 16.3. The van der Waals surface area contributed by atoms with Gasteiger partial charge in [-0.05, 0) is 61.3 Å². The van der Waals surface area contributed by atoms with Gasteiger partial charge in [-0.15, -0.1) is 0 Å². The molecule has 0 aliphatic heterocycles. The molecule has 2 heteroatoms. The second-order valence-corrected chi connectivity index (χ2v) is 5.42. The summed E-state index contributed by atoms with van der Waals surface area (Å²) in [5.74, 6) is 2.77. The van der Waals surface area contributed by atoms with E-state index in [9.17, 15) is 5.11 Å². The molecule has 0 radical (unpaired) electrons. The van der Waals surface area contributed by atoms with Gasteiger partial charge in [-0.2, -0.15) is 0 Å². The van der Waals surface area contributed by atoms with Crippen molar-refractivity contribution in [2.24, 2.45) is 17.8 Å². The molecule has 0 amide bonds. The predicted molar refractivity (Wildman–Crippen MR) is 70.2 cm³/mol. The molecule has 2 aliphatic rings. The van der Waals surface area contributed by atoms with E-state index in [0.29, 0.717) is 5.75 Å². The van der Waals surface area contributed by atoms with E-state index in [-0.39, 0.29) is 0 Å². The summed E-state index contributed by atoms with van der Waals surface area (Å²) in [6.07, 6.45) is 7.48. The van der Waals surface area contributed by atoms with Gasteiger partial charge in [0.15, 0.2) is 0 Å². The SMILES string of the molecule is Cc1cc(O)ccc1NCC1CC2C=CC1C2. The molecule has 3 rings (SSSR count). The van der Waals surface area contributed by atoms with E-state index >= 15 is 0 Å². The highest BCUT2D eigenvalue weighted by Gasteiger charge is 2.35. The molecule has 2 nitrogen and oxygen atoms in total. The quantitative estimate of drug-likeness (QED) is 0.615. The molecule has 0 heterocycles. The number of aryl methyl sites for hydroxylation is 1. The average Bonchev–Trinajstić information content (AvgIpc) is 2.89. The maximum Gasteiger partial charge on any atom is 0.115 e. The zero-order valence-electron chi connectivity index (χ0n) is 10.2. The molecular formula is C15H19NO. The molecule has 3 atom stereocenters. The normalized spacial score (nSPS) is 29.8. The molecule has 1 aromatic carbocycles. The first-order valence-corrected chi connectivity index (χ1v) is 6.44. The van der Waals surface area contributed by atoms with Crippen LogP contribution in [0.3, 0.4) is 0 Å². The number of benzene rings is 1. The summed E-state index contributed by atoms with van der Waals surface area (Å²) in [6, 6.07) is 5.52. The van der Waals surface area contributed by atoms with Crippen LogP contribution in [0.25, 0.3) is 0 Å². The number of allylic oxidation sites excluding steroid dienone is 2. The second kappa shape index (κ2) is 4.10. The van der Waals surface area contributed by atoms with Crippen molar-refractivity contribution < 1.29 is 5.11 Å². The third kappa shape index (κ3) is 2.04. The van der Waals surface area contributed by atoms with Gasteiger partial charge in [-0.25, -0.2) is 0 Å². The van der Waals surface area contributed by atoms with Crippen molar-refractivity contribution >= 4 is 5.69 Å². The van der Waals surface area contributed by atoms with Gasteiger partial charge in [0.05, 0.1) is 0 Å². The summed E-state index contributed by atoms with van der Waals surface area (Å²) in [6.45, 7) is 3.08. The van der Waals surface area contributed by atoms with Crippen LogP contribution in [0.15, 0.2) is 30.4 Å². The third-order valence-corrected chi connectivity index (χ3v) is 4.18. The van der Waals surface area contributed by atoms with E-state index in [1.807, 2.05) is 19.1 Å². The number of hydrogen-bond donors (Lipinski definition) is 2. The molecule has 1 aromatic rings. The molecule has 1 fully saturated rings. The number of phenols is 1. The Morgan fingerprint density at radius 1 is 1.29 bits per heavy atom. The largest absolute Gasteiger partial charge is 0.508 e. The van der Waals surface area contributed by atoms with Crippen LogP contribution in [0.5, 0.6) is 5.75 Å². The van der Waals surface area contributed by atoms with Crippen molar-refractivity contribution in [2.75, 3.05) is 11.9 Å². The van der Waals surface area contributed by atoms with Gasteiger partial charge >= 0.3 is 0 Å². The lowest BCUT2D eigenvalue weighted by Gasteiger charge is -2.20. The van der Waals surface area contributed by atoms with Crippen LogP contribution in [-0.4, -0.2) is 11.7 Å². The van der Waals surface area contributed by atoms with Gasteiger partial charge in [0.25, 0.3) is 0 Å². The lowest BCUT2D eigenvalue weighted by molar-refractivity contribution is 0.470. The molecule has 3 unspecified atom stereocenters. The topological polar surface area (TPSA) is 32.3 Å². The Balaban J connectivity index is 1.62. The van der Waals surface area contributed by atoms with Crippen molar-refractivity contribution in [3.05, 3.63) is 35.9 Å². The van der Waals surface area contributed by atoms with Crippen molar-refractivity contribution in [2.45, 2.75) is 19.8 Å². The number of phenolic OH excluding ortho intramolecular Hbond substituents is 1. The van der Waals surface area contributed by atoms with Gasteiger partial charge in [0.1, 0.15) is 5.75 Å². The fraction of sp³-hybridized carbons (Fsp3) is 0.467. The first-order chi connectivity index (χ1) is 8.22. The smallest absolute Gasteiger partial charge is 0.115 e. The highest BCUT2D eigenvalue weighted by Crippen LogP contribution is 2.43. The summed E-state index contributed by atoms with van der Waals surface area (Å²) in [5.41, 5.74) is 2.26. The Hall–Kier alpha value is -1.44. The van der Waals surface area contributed by atoms with Gasteiger partial charge in [0.2, 0.25) is 0 Å². The van der Waals surface area contributed by atoms with E-state index in [1.165, 1.54) is 12.8 Å². The number of fused-ring (bicyclic) bond motifs is 2. The minimum Gasteiger partial charge on any atom is -0.508 e. The van der Waals surface area contributed by atoms with Gasteiger partial charge < -0.3 is 10.4 Å². The molecule has 0 saturated heterocycles. The fourth-order valence-electron chi connectivity index (χ4n) is 3.22. The van der Waals surface area contributed by atoms with E-state index in [1.54, 1.807) is 6.07 Å². The summed E-state index contributed by atoms with van der Waals surface area (Å²) < 4.78 is 0. The predicted octanol–water partition coefficient (Wildman–Crippen LogP) is 3.32. The summed E-state index contributed by atoms with van der Waals surface area (Å²) in [7, 11) is 0. The maximum absolute atomic E-state index is 9.37. The van der Waals surface area contributed by atoms with Crippen molar-refractivity contribution in [1.82, 2.24) is 0 Å². The first kappa shape index (κ1) is 10.7. The molecular weight excluding hydrogens is 210 g/mol. The molecule has 0 aromatic heterocycles. The monoisotopic (exact) mass is 229 g/mol. The molecule has 2 N–H and O–H groups in total. The Kier molecular flexibility index (Phi) is 2.58. The van der Waals surface area contributed by atoms with E-state index in [4.69, 9.17) is 0 Å². The molecule has 1 saturated carbocycles. The van der Waals surface area contributed by atoms with Crippen LogP contribution in [0.4, 0.5) is 5.69 Å². The third-order valence-electron chi connectivity index (χ3n) is 4.18. The highest BCUT2D eigenvalue weighted by molar-refractivity contribution is 5.53. The number of anilines is 1. The lowest BCUT2D eigenvalue weighted by Crippen LogP contribution is -2.18. The number of aromatic hydroxyl groups is 1. The molecule has 17 heavy (non-hydrogen) atoms. The minimum absolute atomic E-state index is 0.343. The van der Waals surface area contributed by atoms with Crippen LogP contribution < -0.4 is 5.32 Å². The van der Waals surface area contributed by atoms with Crippen LogP contribution >= 0.6 is 0 Å². The lowest BCUT2D eigenvalue weighted by atomic mass is 9.93. The zero-order chi connectivity index (χ0) is 11.8. The van der Waals surface area contributed by atoms with Crippen LogP contribution in [0.2, 0.25) is 0 Å². The molecule has 0 spiro atoms. The summed E-state index contributed by atoms with van der Waals surface area (Å²) >= 11 is 0. The van der Waals surface area contributed by atoms with E-state index < -0.39 is 0 Å². The Labute approximate surface area is 102 Å². The fourth-order valence-corrected chi connectivity index (χ4v) is 3.22. The van der Waals surface area contributed by atoms with Crippen molar-refractivity contribution in [3.63, 3.8) is 0 Å². The maximum atomic E-state index is 9.37. The number of nitrogens with one attached hydrogen (secondary N) is 1. The van der Waals surface area contributed by atoms with Gasteiger partial charge in [-0.3, -0.25) is 0 Å². The summed E-state index contributed by atoms with van der Waals surface area (Å²) in [4.78, 5) is 0. The van der Waals surface area contributed by atoms with Gasteiger partial charge in [0, 0.05) is 12.2 Å². The Bertz CT molecular complexity index is 452. The average molecular weight is 229 g/mol. The van der Waals surface area contributed by atoms with E-state index in [0.717, 1.165) is 35.5 Å². The molecule has 90 valence electrons. The second-order valence-electron chi connectivity index (χ2n) is 5.42. The Morgan fingerprint density at radius 3 is 2.82 bits per heavy atom. The Morgan fingerprint density at radius 2 is 2.18 bits per heavy atom. The van der Waals surface area contributed by atoms with Crippen LogP contribution in [-0.2, 0) is 0 Å². The zero-order valence-corrected chi connectivity index (χ0v) is 10.2. The molecule has 2 aliphatic carbocycles. The van der Waals surface area contributed by atoms with E-state index in [2.05, 4.69) is 17.5 Å². The van der Waals surface area contributed by atoms with Crippen molar-refractivity contribution in [3.8, 4) is 5.75 Å². The standard InChI is InChI=1S/C15H19NO/c1-10-6-14(17)4-5-15(10)16-9-13-8-11-2-3-12(13)7-11/h2-6,11-13,16-17H,7-9H2,1H3. The first-order valence-electron chi connectivity index (χ1n) is 6.44. The van der Waals surface area contributed by atoms with Crippen molar-refractivity contribution in [1.29, 1.82) is 0 Å². The minimum atomic E-state index is 0.343. The molecule has 2 bridgehead atoms. The number of rotatable bonds is 3. The van der Waals surface area contributed by atoms with Crippen LogP contribution in [0.1, 0.15) is 18.4 Å². The van der Waals surface area contributed by atoms with Crippen LogP contribution in [0, 0.1) is 24.7 Å². The number of hydrogen-bond acceptors (Lipinski definition) is 2.